The molecular formula is C16H18ClN3O3. The maximum atomic E-state index is 12.4. The first kappa shape index (κ1) is 17.0. The number of ether oxygens (including phenoxy) is 1. The highest BCUT2D eigenvalue weighted by atomic mass is 35.5. The van der Waals surface area contributed by atoms with E-state index in [1.807, 2.05) is 0 Å². The third kappa shape index (κ3) is 3.71. The molecule has 0 aliphatic heterocycles. The molecule has 0 bridgehead atoms. The predicted octanol–water partition coefficient (Wildman–Crippen LogP) is 2.72. The Bertz CT molecular complexity index is 802. The minimum absolute atomic E-state index is 0.331. The van der Waals surface area contributed by atoms with Crippen LogP contribution in [0.15, 0.2) is 29.1 Å². The third-order valence-electron chi connectivity index (χ3n) is 3.46. The van der Waals surface area contributed by atoms with Crippen LogP contribution in [0.1, 0.15) is 24.4 Å². The molecule has 2 aromatic rings. The number of aryl methyl sites for hydroxylation is 2. The van der Waals surface area contributed by atoms with Gasteiger partial charge in [0.05, 0.1) is 12.1 Å². The summed E-state index contributed by atoms with van der Waals surface area (Å²) >= 11 is 6.04. The van der Waals surface area contributed by atoms with Gasteiger partial charge in [-0.2, -0.15) is 4.98 Å². The average Bonchev–Trinajstić information content (AvgIpc) is 2.46. The number of rotatable bonds is 4. The predicted molar refractivity (Wildman–Crippen MR) is 89.3 cm³/mol. The normalized spacial score (nSPS) is 11.9. The Morgan fingerprint density at radius 1 is 1.35 bits per heavy atom. The van der Waals surface area contributed by atoms with Crippen molar-refractivity contribution < 1.29 is 9.53 Å². The Kier molecular flexibility index (Phi) is 5.05. The van der Waals surface area contributed by atoms with Gasteiger partial charge < -0.3 is 10.1 Å². The lowest BCUT2D eigenvalue weighted by Gasteiger charge is -2.17. The molecule has 0 fully saturated rings. The molecule has 6 nitrogen and oxygen atoms in total. The Balaban J connectivity index is 2.24. The first-order valence-electron chi connectivity index (χ1n) is 7.04. The Morgan fingerprint density at radius 3 is 2.61 bits per heavy atom. The molecule has 0 saturated heterocycles. The van der Waals surface area contributed by atoms with E-state index in [1.54, 1.807) is 45.0 Å². The molecule has 1 N–H and O–H groups in total. The first-order valence-corrected chi connectivity index (χ1v) is 7.42. The number of carbonyl (C=O) groups excluding carboxylic acids is 1. The summed E-state index contributed by atoms with van der Waals surface area (Å²) in [4.78, 5) is 28.3. The van der Waals surface area contributed by atoms with Crippen LogP contribution in [0.2, 0.25) is 5.02 Å². The van der Waals surface area contributed by atoms with Crippen molar-refractivity contribution in [2.75, 3.05) is 12.4 Å². The summed E-state index contributed by atoms with van der Waals surface area (Å²) in [5, 5.41) is 3.13. The van der Waals surface area contributed by atoms with E-state index in [0.717, 1.165) is 0 Å². The van der Waals surface area contributed by atoms with Crippen molar-refractivity contribution >= 4 is 23.2 Å². The Labute approximate surface area is 139 Å². The molecule has 1 heterocycles. The summed E-state index contributed by atoms with van der Waals surface area (Å²) in [6.45, 7) is 5.15. The lowest BCUT2D eigenvalue weighted by Crippen LogP contribution is -2.34. The number of amides is 1. The molecule has 23 heavy (non-hydrogen) atoms. The number of aromatic nitrogens is 2. The van der Waals surface area contributed by atoms with Crippen LogP contribution in [0.5, 0.6) is 5.75 Å². The number of methoxy groups -OCH3 is 1. The van der Waals surface area contributed by atoms with Gasteiger partial charge in [0, 0.05) is 17.1 Å². The highest BCUT2D eigenvalue weighted by Crippen LogP contribution is 2.27. The summed E-state index contributed by atoms with van der Waals surface area (Å²) < 4.78 is 6.42. The van der Waals surface area contributed by atoms with Crippen LogP contribution in [0.4, 0.5) is 5.69 Å². The Hall–Kier alpha value is -2.34. The van der Waals surface area contributed by atoms with Gasteiger partial charge in [-0.15, -0.1) is 0 Å². The van der Waals surface area contributed by atoms with Gasteiger partial charge in [-0.05, 0) is 45.0 Å². The van der Waals surface area contributed by atoms with Crippen molar-refractivity contribution in [3.8, 4) is 5.75 Å². The van der Waals surface area contributed by atoms with Gasteiger partial charge in [-0.25, -0.2) is 4.79 Å². The number of hydrogen-bond acceptors (Lipinski definition) is 4. The molecule has 0 spiro atoms. The maximum Gasteiger partial charge on any atom is 0.348 e. The van der Waals surface area contributed by atoms with Crippen molar-refractivity contribution in [2.24, 2.45) is 0 Å². The molecule has 7 heteroatoms. The summed E-state index contributed by atoms with van der Waals surface area (Å²) in [5.41, 5.74) is 1.38. The zero-order chi connectivity index (χ0) is 17.1. The van der Waals surface area contributed by atoms with Crippen molar-refractivity contribution in [1.29, 1.82) is 0 Å². The smallest absolute Gasteiger partial charge is 0.348 e. The quantitative estimate of drug-likeness (QED) is 0.932. The molecule has 1 amide bonds. The van der Waals surface area contributed by atoms with Crippen molar-refractivity contribution in [2.45, 2.75) is 26.8 Å². The van der Waals surface area contributed by atoms with Crippen LogP contribution in [0.25, 0.3) is 0 Å². The van der Waals surface area contributed by atoms with E-state index in [1.165, 1.54) is 11.7 Å². The fourth-order valence-corrected chi connectivity index (χ4v) is 2.60. The van der Waals surface area contributed by atoms with E-state index in [2.05, 4.69) is 10.3 Å². The SMILES string of the molecule is COc1ccc(NC(=O)[C@H](C)n2c(C)cc(C)nc2=O)cc1Cl. The number of carbonyl (C=O) groups is 1. The lowest BCUT2D eigenvalue weighted by molar-refractivity contribution is -0.118. The van der Waals surface area contributed by atoms with Gasteiger partial charge in [-0.3, -0.25) is 9.36 Å². The van der Waals surface area contributed by atoms with Gasteiger partial charge in [-0.1, -0.05) is 11.6 Å². The van der Waals surface area contributed by atoms with Gasteiger partial charge in [0.25, 0.3) is 0 Å². The average molecular weight is 336 g/mol. The molecule has 0 radical (unpaired) electrons. The largest absolute Gasteiger partial charge is 0.495 e. The van der Waals surface area contributed by atoms with E-state index < -0.39 is 11.7 Å². The fourth-order valence-electron chi connectivity index (χ4n) is 2.34. The molecule has 1 aromatic heterocycles. The minimum Gasteiger partial charge on any atom is -0.495 e. The van der Waals surface area contributed by atoms with Gasteiger partial charge >= 0.3 is 5.69 Å². The van der Waals surface area contributed by atoms with E-state index in [4.69, 9.17) is 16.3 Å². The molecule has 0 aliphatic rings. The highest BCUT2D eigenvalue weighted by molar-refractivity contribution is 6.32. The molecule has 1 atom stereocenters. The number of anilines is 1. The molecule has 0 saturated carbocycles. The van der Waals surface area contributed by atoms with Crippen LogP contribution in [0, 0.1) is 13.8 Å². The molecule has 0 aliphatic carbocycles. The standard InChI is InChI=1S/C16H18ClN3O3/c1-9-7-10(2)20(16(22)18-9)11(3)15(21)19-12-5-6-14(23-4)13(17)8-12/h5-8,11H,1-4H3,(H,19,21)/t11-/m0/s1. The molecule has 0 unspecified atom stereocenters. The monoisotopic (exact) mass is 335 g/mol. The first-order chi connectivity index (χ1) is 10.8. The van der Waals surface area contributed by atoms with Crippen LogP contribution in [-0.4, -0.2) is 22.6 Å². The zero-order valence-corrected chi connectivity index (χ0v) is 14.1. The van der Waals surface area contributed by atoms with E-state index in [-0.39, 0.29) is 5.91 Å². The summed E-state index contributed by atoms with van der Waals surface area (Å²) in [7, 11) is 1.52. The van der Waals surface area contributed by atoms with Gasteiger partial charge in [0.15, 0.2) is 0 Å². The second-order valence-corrected chi connectivity index (χ2v) is 5.61. The molecule has 1 aromatic carbocycles. The minimum atomic E-state index is -0.698. The third-order valence-corrected chi connectivity index (χ3v) is 3.76. The van der Waals surface area contributed by atoms with Crippen LogP contribution in [-0.2, 0) is 4.79 Å². The number of halogens is 1. The topological polar surface area (TPSA) is 73.2 Å². The van der Waals surface area contributed by atoms with E-state index >= 15 is 0 Å². The van der Waals surface area contributed by atoms with Crippen molar-refractivity contribution in [3.63, 3.8) is 0 Å². The van der Waals surface area contributed by atoms with Crippen molar-refractivity contribution in [1.82, 2.24) is 9.55 Å². The van der Waals surface area contributed by atoms with Crippen LogP contribution < -0.4 is 15.7 Å². The second kappa shape index (κ2) is 6.83. The maximum absolute atomic E-state index is 12.4. The van der Waals surface area contributed by atoms with E-state index in [9.17, 15) is 9.59 Å². The van der Waals surface area contributed by atoms with Crippen LogP contribution >= 0.6 is 11.6 Å². The molecule has 122 valence electrons. The summed E-state index contributed by atoms with van der Waals surface area (Å²) in [6.07, 6.45) is 0. The highest BCUT2D eigenvalue weighted by Gasteiger charge is 2.19. The Morgan fingerprint density at radius 2 is 2.04 bits per heavy atom. The number of nitrogens with zero attached hydrogens (tertiary/aromatic N) is 2. The van der Waals surface area contributed by atoms with Crippen LogP contribution in [0.3, 0.4) is 0 Å². The lowest BCUT2D eigenvalue weighted by atomic mass is 10.2. The zero-order valence-electron chi connectivity index (χ0n) is 13.4. The molecule has 2 rings (SSSR count). The summed E-state index contributed by atoms with van der Waals surface area (Å²) in [6, 6.07) is 5.99. The van der Waals surface area contributed by atoms with Crippen molar-refractivity contribution in [3.05, 3.63) is 51.2 Å². The van der Waals surface area contributed by atoms with Gasteiger partial charge in [0.1, 0.15) is 11.8 Å². The number of nitrogens with one attached hydrogen (secondary N) is 1. The van der Waals surface area contributed by atoms with Gasteiger partial charge in [0.2, 0.25) is 5.91 Å². The fraction of sp³-hybridized carbons (Fsp3) is 0.312. The second-order valence-electron chi connectivity index (χ2n) is 5.21. The number of hydrogen-bond donors (Lipinski definition) is 1. The number of benzene rings is 1. The summed E-state index contributed by atoms with van der Waals surface area (Å²) in [5.74, 6) is 0.189. The molecular weight excluding hydrogens is 318 g/mol. The van der Waals surface area contributed by atoms with E-state index in [0.29, 0.717) is 27.8 Å².